The standard InChI is InChI=1S/C46H74N10O15/c1-8-25(6)38(54-33(58)22-49-39(63)26(7)50-43(67)36(23(2)3)56-44(68)37(24(4)5)55-40(64)29(48)16-18-34(59)60)45(69)52-30(11-9-10-20-47)41(65)51-31(17-19-35(61)62)42(66)53-32(46(70)71)21-27-12-14-28(57)15-13-27/h12-15,23-26,29-32,36-38,57H,8-11,16-22,47-48H2,1-7H3,(H,49,63)(H,50,67)(H,51,65)(H,52,69)(H,53,66)(H,54,58)(H,55,64)(H,56,68)(H,59,60)(H,61,62)(H,70,71)/t25-,26-,29-,30-,31-,32-,36-,37-,38-/m0/s1. The Morgan fingerprint density at radius 2 is 1.03 bits per heavy atom. The first-order valence-corrected chi connectivity index (χ1v) is 23.5. The fourth-order valence-corrected chi connectivity index (χ4v) is 6.77. The van der Waals surface area contributed by atoms with E-state index in [9.17, 15) is 68.1 Å². The zero-order valence-corrected chi connectivity index (χ0v) is 41.4. The molecule has 0 unspecified atom stereocenters. The highest BCUT2D eigenvalue weighted by molar-refractivity contribution is 5.97. The minimum Gasteiger partial charge on any atom is -0.508 e. The van der Waals surface area contributed by atoms with Crippen LogP contribution in [0.15, 0.2) is 24.3 Å². The highest BCUT2D eigenvalue weighted by Gasteiger charge is 2.35. The van der Waals surface area contributed by atoms with Crippen LogP contribution in [0.25, 0.3) is 0 Å². The third kappa shape index (κ3) is 23.1. The lowest BCUT2D eigenvalue weighted by atomic mass is 9.97. The second-order valence-electron chi connectivity index (χ2n) is 18.0. The van der Waals surface area contributed by atoms with Crippen molar-refractivity contribution in [3.05, 3.63) is 29.8 Å². The smallest absolute Gasteiger partial charge is 0.326 e. The van der Waals surface area contributed by atoms with Crippen molar-refractivity contribution < 1.29 is 73.2 Å². The van der Waals surface area contributed by atoms with Gasteiger partial charge in [0.25, 0.3) is 0 Å². The fourth-order valence-electron chi connectivity index (χ4n) is 6.77. The van der Waals surface area contributed by atoms with Crippen molar-refractivity contribution in [3.8, 4) is 5.75 Å². The predicted molar refractivity (Wildman–Crippen MR) is 255 cm³/mol. The molecule has 0 aliphatic heterocycles. The number of amides is 8. The Morgan fingerprint density at radius 3 is 1.54 bits per heavy atom. The van der Waals surface area contributed by atoms with E-state index < -0.39 is 151 Å². The van der Waals surface area contributed by atoms with E-state index in [0.29, 0.717) is 24.8 Å². The largest absolute Gasteiger partial charge is 0.508 e. The highest BCUT2D eigenvalue weighted by Crippen LogP contribution is 2.14. The Kier molecular flexibility index (Phi) is 27.4. The number of carboxylic acids is 3. The zero-order valence-electron chi connectivity index (χ0n) is 41.4. The SMILES string of the molecule is CC[C@H](C)[C@H](NC(=O)CNC(=O)[C@H](C)NC(=O)[C@@H](NC(=O)[C@@H](NC(=O)[C@@H](N)CCC(=O)O)C(C)C)C(C)C)C(=O)N[C@@H](CCCCN)C(=O)N[C@@H](CCC(=O)O)C(=O)N[C@@H](Cc1ccc(O)cc1)C(=O)O. The van der Waals surface area contributed by atoms with Gasteiger partial charge in [-0.05, 0) is 81.0 Å². The van der Waals surface area contributed by atoms with Gasteiger partial charge in [0.1, 0.15) is 48.0 Å². The van der Waals surface area contributed by atoms with Crippen molar-refractivity contribution >= 4 is 65.2 Å². The average molecular weight is 1010 g/mol. The molecule has 0 saturated heterocycles. The van der Waals surface area contributed by atoms with Crippen LogP contribution in [-0.2, 0) is 59.2 Å². The minimum absolute atomic E-state index is 0.0113. The minimum atomic E-state index is -1.56. The summed E-state index contributed by atoms with van der Waals surface area (Å²) < 4.78 is 0. The maximum absolute atomic E-state index is 13.9. The monoisotopic (exact) mass is 1010 g/mol. The van der Waals surface area contributed by atoms with Gasteiger partial charge in [0.05, 0.1) is 12.6 Å². The Bertz CT molecular complexity index is 2000. The van der Waals surface area contributed by atoms with E-state index in [1.807, 2.05) is 0 Å². The normalized spacial score (nSPS) is 14.9. The summed E-state index contributed by atoms with van der Waals surface area (Å²) in [7, 11) is 0. The molecular weight excluding hydrogens is 933 g/mol. The van der Waals surface area contributed by atoms with Crippen LogP contribution in [0.5, 0.6) is 5.75 Å². The molecule has 0 radical (unpaired) electrons. The number of hydrogen-bond acceptors (Lipinski definition) is 14. The average Bonchev–Trinajstić information content (AvgIpc) is 3.30. The number of nitrogens with two attached hydrogens (primary N) is 2. The third-order valence-corrected chi connectivity index (χ3v) is 11.3. The van der Waals surface area contributed by atoms with Gasteiger partial charge in [0.15, 0.2) is 0 Å². The van der Waals surface area contributed by atoms with Gasteiger partial charge in [-0.25, -0.2) is 4.79 Å². The van der Waals surface area contributed by atoms with Crippen molar-refractivity contribution in [1.82, 2.24) is 42.5 Å². The summed E-state index contributed by atoms with van der Waals surface area (Å²) in [4.78, 5) is 141. The van der Waals surface area contributed by atoms with Gasteiger partial charge in [0, 0.05) is 19.3 Å². The van der Waals surface area contributed by atoms with Gasteiger partial charge < -0.3 is 74.4 Å². The molecule has 71 heavy (non-hydrogen) atoms. The first-order valence-electron chi connectivity index (χ1n) is 23.5. The van der Waals surface area contributed by atoms with E-state index in [2.05, 4.69) is 42.5 Å². The van der Waals surface area contributed by atoms with Crippen LogP contribution >= 0.6 is 0 Å². The molecular formula is C46H74N10O15. The van der Waals surface area contributed by atoms with Gasteiger partial charge in [-0.15, -0.1) is 0 Å². The van der Waals surface area contributed by atoms with Crippen molar-refractivity contribution in [2.24, 2.45) is 29.2 Å². The molecule has 0 bridgehead atoms. The van der Waals surface area contributed by atoms with E-state index in [-0.39, 0.29) is 38.0 Å². The molecule has 398 valence electrons. The van der Waals surface area contributed by atoms with Crippen LogP contribution in [0.2, 0.25) is 0 Å². The molecule has 1 aromatic rings. The number of phenolic OH excluding ortho intramolecular Hbond substituents is 1. The summed E-state index contributed by atoms with van der Waals surface area (Å²) in [6.45, 7) is 10.8. The second kappa shape index (κ2) is 31.4. The molecule has 0 saturated carbocycles. The second-order valence-corrected chi connectivity index (χ2v) is 18.0. The zero-order chi connectivity index (χ0) is 54.1. The number of carbonyl (C=O) groups is 11. The number of aromatic hydroxyl groups is 1. The lowest BCUT2D eigenvalue weighted by Crippen LogP contribution is -2.60. The Labute approximate surface area is 412 Å². The quantitative estimate of drug-likeness (QED) is 0.0342. The molecule has 16 N–H and O–H groups in total. The molecule has 0 heterocycles. The molecule has 0 aromatic heterocycles. The van der Waals surface area contributed by atoms with Gasteiger partial charge >= 0.3 is 17.9 Å². The number of hydrogen-bond donors (Lipinski definition) is 14. The van der Waals surface area contributed by atoms with E-state index in [4.69, 9.17) is 16.6 Å². The van der Waals surface area contributed by atoms with E-state index in [1.54, 1.807) is 41.5 Å². The molecule has 1 aromatic carbocycles. The number of aliphatic carboxylic acids is 3. The van der Waals surface area contributed by atoms with Crippen molar-refractivity contribution in [2.75, 3.05) is 13.1 Å². The van der Waals surface area contributed by atoms with Crippen LogP contribution in [-0.4, -0.2) is 147 Å². The van der Waals surface area contributed by atoms with Gasteiger partial charge in [-0.2, -0.15) is 0 Å². The number of nitrogens with one attached hydrogen (secondary N) is 8. The molecule has 0 aliphatic carbocycles. The number of benzene rings is 1. The van der Waals surface area contributed by atoms with Gasteiger partial charge in [0.2, 0.25) is 47.3 Å². The predicted octanol–water partition coefficient (Wildman–Crippen LogP) is -1.91. The van der Waals surface area contributed by atoms with Crippen molar-refractivity contribution in [2.45, 2.75) is 155 Å². The topological polar surface area (TPSA) is 417 Å². The molecule has 8 amide bonds. The highest BCUT2D eigenvalue weighted by atomic mass is 16.4. The number of unbranched alkanes of at least 4 members (excludes halogenated alkanes) is 1. The summed E-state index contributed by atoms with van der Waals surface area (Å²) in [5.41, 5.74) is 11.9. The van der Waals surface area contributed by atoms with E-state index in [1.165, 1.54) is 31.2 Å². The maximum Gasteiger partial charge on any atom is 0.326 e. The van der Waals surface area contributed by atoms with E-state index in [0.717, 1.165) is 0 Å². The molecule has 0 spiro atoms. The van der Waals surface area contributed by atoms with Crippen LogP contribution in [0, 0.1) is 17.8 Å². The molecule has 0 aliphatic rings. The first kappa shape index (κ1) is 62.1. The van der Waals surface area contributed by atoms with Crippen molar-refractivity contribution in [3.63, 3.8) is 0 Å². The fraction of sp³-hybridized carbons (Fsp3) is 0.630. The summed E-state index contributed by atoms with van der Waals surface area (Å²) >= 11 is 0. The molecule has 25 heteroatoms. The Balaban J connectivity index is 3.11. The summed E-state index contributed by atoms with van der Waals surface area (Å²) in [5.74, 6) is -12.2. The maximum atomic E-state index is 13.9. The van der Waals surface area contributed by atoms with Crippen LogP contribution < -0.4 is 54.0 Å². The van der Waals surface area contributed by atoms with E-state index >= 15 is 0 Å². The summed E-state index contributed by atoms with van der Waals surface area (Å²) in [5, 5.41) is 57.6. The van der Waals surface area contributed by atoms with Crippen molar-refractivity contribution in [1.29, 1.82) is 0 Å². The first-order chi connectivity index (χ1) is 33.2. The van der Waals surface area contributed by atoms with Gasteiger partial charge in [-0.1, -0.05) is 60.1 Å². The molecule has 25 nitrogen and oxygen atoms in total. The number of carbonyl (C=O) groups excluding carboxylic acids is 8. The lowest BCUT2D eigenvalue weighted by Gasteiger charge is -2.28. The molecule has 1 rings (SSSR count). The number of carboxylic acid groups (broad SMARTS) is 3. The molecule has 9 atom stereocenters. The van der Waals surface area contributed by atoms with Crippen LogP contribution in [0.3, 0.4) is 0 Å². The van der Waals surface area contributed by atoms with Crippen LogP contribution in [0.4, 0.5) is 0 Å². The Morgan fingerprint density at radius 1 is 0.549 bits per heavy atom. The summed E-state index contributed by atoms with van der Waals surface area (Å²) in [6, 6.07) is -4.97. The number of rotatable bonds is 33. The molecule has 0 fully saturated rings. The number of phenols is 1. The Hall–Kier alpha value is -6.89. The summed E-state index contributed by atoms with van der Waals surface area (Å²) in [6.07, 6.45) is -0.746. The van der Waals surface area contributed by atoms with Gasteiger partial charge in [-0.3, -0.25) is 47.9 Å². The lowest BCUT2D eigenvalue weighted by molar-refractivity contribution is -0.143. The third-order valence-electron chi connectivity index (χ3n) is 11.3. The van der Waals surface area contributed by atoms with Crippen LogP contribution in [0.1, 0.15) is 105 Å².